The first-order chi connectivity index (χ1) is 9.36. The van der Waals surface area contributed by atoms with Crippen molar-refractivity contribution in [3.05, 3.63) is 29.8 Å². The van der Waals surface area contributed by atoms with Gasteiger partial charge in [0.25, 0.3) is 0 Å². The van der Waals surface area contributed by atoms with Crippen LogP contribution in [0, 0.1) is 5.41 Å². The first kappa shape index (κ1) is 14.5. The van der Waals surface area contributed by atoms with E-state index in [1.54, 1.807) is 0 Å². The van der Waals surface area contributed by atoms with Gasteiger partial charge in [-0.25, -0.2) is 0 Å². The van der Waals surface area contributed by atoms with E-state index >= 15 is 0 Å². The number of alkyl halides is 3. The van der Waals surface area contributed by atoms with Crippen LogP contribution in [0.25, 0.3) is 0 Å². The molecule has 0 aromatic heterocycles. The van der Waals surface area contributed by atoms with Gasteiger partial charge in [-0.15, -0.1) is 0 Å². The molecule has 0 radical (unpaired) electrons. The third kappa shape index (κ3) is 3.34. The highest BCUT2D eigenvalue weighted by Gasteiger charge is 2.45. The number of ether oxygens (including phenoxy) is 1. The fourth-order valence-electron chi connectivity index (χ4n) is 2.03. The minimum atomic E-state index is -4.45. The lowest BCUT2D eigenvalue weighted by Crippen LogP contribution is -2.23. The van der Waals surface area contributed by atoms with Gasteiger partial charge in [0, 0.05) is 11.8 Å². The Bertz CT molecular complexity index is 511. The second-order valence-electron chi connectivity index (χ2n) is 5.05. The molecule has 1 aromatic rings. The summed E-state index contributed by atoms with van der Waals surface area (Å²) in [6, 6.07) is 5.09. The normalized spacial score (nSPS) is 17.9. The minimum Gasteiger partial charge on any atom is -0.492 e. The largest absolute Gasteiger partial charge is 0.492 e. The van der Waals surface area contributed by atoms with E-state index in [0.29, 0.717) is 6.42 Å². The van der Waals surface area contributed by atoms with Crippen molar-refractivity contribution >= 4 is 5.84 Å². The molecule has 0 atom stereocenters. The van der Waals surface area contributed by atoms with Gasteiger partial charge in [-0.3, -0.25) is 0 Å². The summed E-state index contributed by atoms with van der Waals surface area (Å²) in [7, 11) is 0. The predicted molar refractivity (Wildman–Crippen MR) is 66.6 cm³/mol. The number of hydrogen-bond donors (Lipinski definition) is 2. The Morgan fingerprint density at radius 3 is 2.55 bits per heavy atom. The number of halogens is 3. The summed E-state index contributed by atoms with van der Waals surface area (Å²) in [4.78, 5) is 0. The van der Waals surface area contributed by atoms with Crippen LogP contribution in [-0.2, 0) is 6.18 Å². The van der Waals surface area contributed by atoms with Crippen LogP contribution in [0.5, 0.6) is 5.75 Å². The zero-order valence-electron chi connectivity index (χ0n) is 10.7. The SMILES string of the molecule is NC(CC1(COc2ccccc2C(F)(F)F)CC1)=NO. The molecule has 0 unspecified atom stereocenters. The summed E-state index contributed by atoms with van der Waals surface area (Å²) in [5, 5.41) is 11.4. The summed E-state index contributed by atoms with van der Waals surface area (Å²) < 4.78 is 43.7. The number of nitrogens with zero attached hydrogens (tertiary/aromatic N) is 1. The molecule has 0 amide bonds. The molecular formula is C13H15F3N2O2. The maximum Gasteiger partial charge on any atom is 0.419 e. The van der Waals surface area contributed by atoms with Gasteiger partial charge in [0.2, 0.25) is 0 Å². The lowest BCUT2D eigenvalue weighted by Gasteiger charge is -2.18. The Balaban J connectivity index is 2.05. The first-order valence-corrected chi connectivity index (χ1v) is 6.12. The number of benzene rings is 1. The molecule has 4 nitrogen and oxygen atoms in total. The van der Waals surface area contributed by atoms with Crippen molar-refractivity contribution in [1.29, 1.82) is 0 Å². The highest BCUT2D eigenvalue weighted by Crippen LogP contribution is 2.49. The van der Waals surface area contributed by atoms with E-state index < -0.39 is 11.7 Å². The van der Waals surface area contributed by atoms with Crippen LogP contribution in [0.3, 0.4) is 0 Å². The third-order valence-electron chi connectivity index (χ3n) is 3.37. The van der Waals surface area contributed by atoms with E-state index in [4.69, 9.17) is 15.7 Å². The van der Waals surface area contributed by atoms with Crippen molar-refractivity contribution < 1.29 is 23.1 Å². The Kier molecular flexibility index (Phi) is 3.78. The summed E-state index contributed by atoms with van der Waals surface area (Å²) in [6.07, 6.45) is -2.55. The van der Waals surface area contributed by atoms with E-state index in [9.17, 15) is 13.2 Å². The average molecular weight is 288 g/mol. The van der Waals surface area contributed by atoms with Crippen molar-refractivity contribution in [2.24, 2.45) is 16.3 Å². The third-order valence-corrected chi connectivity index (χ3v) is 3.37. The molecule has 3 N–H and O–H groups in total. The number of amidine groups is 1. The highest BCUT2D eigenvalue weighted by atomic mass is 19.4. The summed E-state index contributed by atoms with van der Waals surface area (Å²) in [5.41, 5.74) is 4.33. The van der Waals surface area contributed by atoms with Gasteiger partial charge in [0.1, 0.15) is 11.6 Å². The molecule has 7 heteroatoms. The zero-order chi connectivity index (χ0) is 14.8. The molecule has 0 heterocycles. The lowest BCUT2D eigenvalue weighted by atomic mass is 10.0. The number of para-hydroxylation sites is 1. The Morgan fingerprint density at radius 1 is 1.35 bits per heavy atom. The number of hydrogen-bond acceptors (Lipinski definition) is 3. The summed E-state index contributed by atoms with van der Waals surface area (Å²) in [6.45, 7) is 0.121. The van der Waals surface area contributed by atoms with E-state index in [1.165, 1.54) is 18.2 Å². The van der Waals surface area contributed by atoms with E-state index in [2.05, 4.69) is 5.16 Å². The van der Waals surface area contributed by atoms with Crippen LogP contribution in [0.4, 0.5) is 13.2 Å². The topological polar surface area (TPSA) is 67.8 Å². The van der Waals surface area contributed by atoms with Crippen LogP contribution in [0.1, 0.15) is 24.8 Å². The Morgan fingerprint density at radius 2 is 2.00 bits per heavy atom. The van der Waals surface area contributed by atoms with Crippen molar-refractivity contribution in [3.8, 4) is 5.75 Å². The molecule has 110 valence electrons. The molecule has 2 rings (SSSR count). The zero-order valence-corrected chi connectivity index (χ0v) is 10.7. The Hall–Kier alpha value is -1.92. The van der Waals surface area contributed by atoms with E-state index in [0.717, 1.165) is 18.9 Å². The molecule has 20 heavy (non-hydrogen) atoms. The standard InChI is InChI=1S/C13H15F3N2O2/c14-13(15,16)9-3-1-2-4-10(9)20-8-12(5-6-12)7-11(17)18-19/h1-4,19H,5-8H2,(H2,17,18). The molecule has 1 fully saturated rings. The number of nitrogens with two attached hydrogens (primary N) is 1. The molecule has 0 aliphatic heterocycles. The molecule has 0 saturated heterocycles. The van der Waals surface area contributed by atoms with Gasteiger partial charge in [0.15, 0.2) is 0 Å². The number of oxime groups is 1. The van der Waals surface area contributed by atoms with Crippen LogP contribution in [-0.4, -0.2) is 17.6 Å². The van der Waals surface area contributed by atoms with E-state index in [-0.39, 0.29) is 23.6 Å². The second kappa shape index (κ2) is 5.22. The van der Waals surface area contributed by atoms with Crippen molar-refractivity contribution in [3.63, 3.8) is 0 Å². The van der Waals surface area contributed by atoms with Crippen molar-refractivity contribution in [2.75, 3.05) is 6.61 Å². The highest BCUT2D eigenvalue weighted by molar-refractivity contribution is 5.80. The van der Waals surface area contributed by atoms with Gasteiger partial charge in [0.05, 0.1) is 12.2 Å². The van der Waals surface area contributed by atoms with Gasteiger partial charge in [-0.2, -0.15) is 13.2 Å². The molecule has 1 saturated carbocycles. The average Bonchev–Trinajstić information content (AvgIpc) is 3.16. The molecule has 1 aliphatic rings. The van der Waals surface area contributed by atoms with Crippen molar-refractivity contribution in [2.45, 2.75) is 25.4 Å². The smallest absolute Gasteiger partial charge is 0.419 e. The van der Waals surface area contributed by atoms with Crippen LogP contribution in [0.15, 0.2) is 29.4 Å². The fraction of sp³-hybridized carbons (Fsp3) is 0.462. The molecule has 1 aliphatic carbocycles. The van der Waals surface area contributed by atoms with Crippen LogP contribution in [0.2, 0.25) is 0 Å². The monoisotopic (exact) mass is 288 g/mol. The van der Waals surface area contributed by atoms with Gasteiger partial charge < -0.3 is 15.7 Å². The summed E-state index contributed by atoms with van der Waals surface area (Å²) in [5.74, 6) is -0.124. The minimum absolute atomic E-state index is 0.0650. The first-order valence-electron chi connectivity index (χ1n) is 6.12. The predicted octanol–water partition coefficient (Wildman–Crippen LogP) is 3.00. The second-order valence-corrected chi connectivity index (χ2v) is 5.05. The lowest BCUT2D eigenvalue weighted by molar-refractivity contribution is -0.139. The van der Waals surface area contributed by atoms with Crippen molar-refractivity contribution in [1.82, 2.24) is 0 Å². The van der Waals surface area contributed by atoms with Gasteiger partial charge in [-0.1, -0.05) is 17.3 Å². The maximum atomic E-state index is 12.8. The van der Waals surface area contributed by atoms with Gasteiger partial charge in [-0.05, 0) is 25.0 Å². The van der Waals surface area contributed by atoms with E-state index in [1.807, 2.05) is 0 Å². The fourth-order valence-corrected chi connectivity index (χ4v) is 2.03. The summed E-state index contributed by atoms with van der Waals surface area (Å²) >= 11 is 0. The molecule has 0 bridgehead atoms. The molecule has 1 aromatic carbocycles. The maximum absolute atomic E-state index is 12.8. The Labute approximate surface area is 114 Å². The quantitative estimate of drug-likeness (QED) is 0.379. The van der Waals surface area contributed by atoms with Gasteiger partial charge >= 0.3 is 6.18 Å². The van der Waals surface area contributed by atoms with Crippen LogP contribution < -0.4 is 10.5 Å². The van der Waals surface area contributed by atoms with Crippen LogP contribution >= 0.6 is 0 Å². The number of rotatable bonds is 5. The molecule has 0 spiro atoms. The molecular weight excluding hydrogens is 273 g/mol.